The van der Waals surface area contributed by atoms with Crippen LogP contribution in [-0.4, -0.2) is 30.4 Å². The number of rotatable bonds is 6. The maximum absolute atomic E-state index is 13.3. The molecule has 0 unspecified atom stereocenters. The average Bonchev–Trinajstić information content (AvgIpc) is 2.84. The average molecular weight is 443 g/mol. The van der Waals surface area contributed by atoms with Crippen LogP contribution in [0.25, 0.3) is 0 Å². The van der Waals surface area contributed by atoms with Gasteiger partial charge < -0.3 is 16.0 Å². The van der Waals surface area contributed by atoms with Crippen LogP contribution in [0, 0.1) is 0 Å². The highest BCUT2D eigenvalue weighted by Crippen LogP contribution is 2.29. The summed E-state index contributed by atoms with van der Waals surface area (Å²) in [5.41, 5.74) is 3.80. The van der Waals surface area contributed by atoms with E-state index in [1.807, 2.05) is 61.5 Å². The van der Waals surface area contributed by atoms with Crippen molar-refractivity contribution in [3.63, 3.8) is 0 Å². The highest BCUT2D eigenvalue weighted by molar-refractivity contribution is 6.10. The van der Waals surface area contributed by atoms with Gasteiger partial charge in [0.05, 0.1) is 11.4 Å². The number of aryl methyl sites for hydroxylation is 1. The Hall–Kier alpha value is -4.13. The van der Waals surface area contributed by atoms with Crippen molar-refractivity contribution in [1.82, 2.24) is 5.32 Å². The summed E-state index contributed by atoms with van der Waals surface area (Å²) in [5, 5.41) is 8.58. The van der Waals surface area contributed by atoms with Crippen molar-refractivity contribution in [3.05, 3.63) is 90.0 Å². The van der Waals surface area contributed by atoms with E-state index in [1.54, 1.807) is 24.3 Å². The van der Waals surface area contributed by atoms with Gasteiger partial charge in [-0.3, -0.25) is 14.5 Å². The molecule has 0 saturated carbocycles. The van der Waals surface area contributed by atoms with E-state index in [4.69, 9.17) is 0 Å². The number of amides is 4. The number of benzene rings is 3. The molecule has 3 aromatic rings. The van der Waals surface area contributed by atoms with E-state index in [-0.39, 0.29) is 18.4 Å². The zero-order chi connectivity index (χ0) is 23.2. The van der Waals surface area contributed by atoms with Gasteiger partial charge in [-0.1, -0.05) is 67.6 Å². The molecule has 168 valence electrons. The molecule has 4 rings (SSSR count). The predicted molar refractivity (Wildman–Crippen MR) is 129 cm³/mol. The second kappa shape index (κ2) is 9.99. The molecule has 7 nitrogen and oxygen atoms in total. The molecule has 4 amide bonds. The Morgan fingerprint density at radius 1 is 0.970 bits per heavy atom. The van der Waals surface area contributed by atoms with Crippen LogP contribution in [0.2, 0.25) is 0 Å². The number of hydrogen-bond donors (Lipinski definition) is 3. The predicted octanol–water partition coefficient (Wildman–Crippen LogP) is 3.97. The smallest absolute Gasteiger partial charge is 0.323 e. The lowest BCUT2D eigenvalue weighted by molar-refractivity contribution is -0.118. The molecule has 33 heavy (non-hydrogen) atoms. The molecule has 0 bridgehead atoms. The summed E-state index contributed by atoms with van der Waals surface area (Å²) in [7, 11) is 0. The quantitative estimate of drug-likeness (QED) is 0.540. The SMILES string of the molecule is CCc1ccccc1NC(=O)[C@H](Cc1ccccc1)NC(=O)N1CC(=O)Nc2ccccc21. The second-order valence-electron chi connectivity index (χ2n) is 7.84. The maximum atomic E-state index is 13.3. The molecule has 3 N–H and O–H groups in total. The summed E-state index contributed by atoms with van der Waals surface area (Å²) >= 11 is 0. The molecule has 0 fully saturated rings. The zero-order valence-electron chi connectivity index (χ0n) is 18.4. The Morgan fingerprint density at radius 3 is 2.45 bits per heavy atom. The van der Waals surface area contributed by atoms with E-state index in [9.17, 15) is 14.4 Å². The van der Waals surface area contributed by atoms with Crippen LogP contribution < -0.4 is 20.9 Å². The number of para-hydroxylation sites is 3. The molecule has 0 aliphatic carbocycles. The number of nitrogens with zero attached hydrogens (tertiary/aromatic N) is 1. The van der Waals surface area contributed by atoms with Crippen LogP contribution >= 0.6 is 0 Å². The molecular formula is C26H26N4O3. The van der Waals surface area contributed by atoms with E-state index in [2.05, 4.69) is 16.0 Å². The number of hydrogen-bond acceptors (Lipinski definition) is 3. The van der Waals surface area contributed by atoms with Gasteiger partial charge in [-0.25, -0.2) is 4.79 Å². The largest absolute Gasteiger partial charge is 0.326 e. The Kier molecular flexibility index (Phi) is 6.69. The summed E-state index contributed by atoms with van der Waals surface area (Å²) < 4.78 is 0. The van der Waals surface area contributed by atoms with E-state index >= 15 is 0 Å². The Balaban J connectivity index is 1.58. The van der Waals surface area contributed by atoms with Gasteiger partial charge >= 0.3 is 6.03 Å². The van der Waals surface area contributed by atoms with Crippen LogP contribution in [0.3, 0.4) is 0 Å². The summed E-state index contributed by atoms with van der Waals surface area (Å²) in [6, 6.07) is 22.9. The Labute approximate surface area is 192 Å². The number of carbonyl (C=O) groups excluding carboxylic acids is 3. The minimum Gasteiger partial charge on any atom is -0.326 e. The third-order valence-electron chi connectivity index (χ3n) is 5.57. The van der Waals surface area contributed by atoms with Gasteiger partial charge in [0.25, 0.3) is 0 Å². The molecule has 0 aromatic heterocycles. The first-order chi connectivity index (χ1) is 16.0. The first kappa shape index (κ1) is 22.1. The zero-order valence-corrected chi connectivity index (χ0v) is 18.4. The molecule has 3 aromatic carbocycles. The summed E-state index contributed by atoms with van der Waals surface area (Å²) in [5.74, 6) is -0.604. The number of nitrogens with one attached hydrogen (secondary N) is 3. The van der Waals surface area contributed by atoms with Gasteiger partial charge in [0.2, 0.25) is 11.8 Å². The summed E-state index contributed by atoms with van der Waals surface area (Å²) in [6.45, 7) is 1.90. The van der Waals surface area contributed by atoms with Crippen molar-refractivity contribution in [2.75, 3.05) is 22.1 Å². The molecule has 0 spiro atoms. The lowest BCUT2D eigenvalue weighted by atomic mass is 10.0. The normalized spacial score (nSPS) is 13.5. The fourth-order valence-corrected chi connectivity index (χ4v) is 3.87. The third kappa shape index (κ3) is 5.20. The first-order valence-electron chi connectivity index (χ1n) is 10.9. The van der Waals surface area contributed by atoms with Crippen LogP contribution in [0.15, 0.2) is 78.9 Å². The van der Waals surface area contributed by atoms with Crippen LogP contribution in [0.5, 0.6) is 0 Å². The minimum atomic E-state index is -0.832. The van der Waals surface area contributed by atoms with Gasteiger partial charge in [-0.05, 0) is 35.7 Å². The molecule has 1 heterocycles. The molecule has 1 atom stereocenters. The summed E-state index contributed by atoms with van der Waals surface area (Å²) in [6.07, 6.45) is 1.08. The van der Waals surface area contributed by atoms with Crippen LogP contribution in [-0.2, 0) is 22.4 Å². The molecular weight excluding hydrogens is 416 g/mol. The van der Waals surface area contributed by atoms with Gasteiger partial charge in [-0.15, -0.1) is 0 Å². The topological polar surface area (TPSA) is 90.5 Å². The molecule has 1 aliphatic heterocycles. The Bertz CT molecular complexity index is 1160. The number of fused-ring (bicyclic) bond motifs is 1. The fourth-order valence-electron chi connectivity index (χ4n) is 3.87. The molecule has 0 radical (unpaired) electrons. The van der Waals surface area contributed by atoms with Gasteiger partial charge in [0.15, 0.2) is 0 Å². The Morgan fingerprint density at radius 2 is 1.67 bits per heavy atom. The van der Waals surface area contributed by atoms with Crippen molar-refractivity contribution in [2.24, 2.45) is 0 Å². The highest BCUT2D eigenvalue weighted by Gasteiger charge is 2.30. The lowest BCUT2D eigenvalue weighted by Gasteiger charge is -2.30. The molecule has 0 saturated heterocycles. The number of carbonyl (C=O) groups is 3. The monoisotopic (exact) mass is 442 g/mol. The third-order valence-corrected chi connectivity index (χ3v) is 5.57. The van der Waals surface area contributed by atoms with E-state index in [0.717, 1.165) is 23.2 Å². The van der Waals surface area contributed by atoms with Gasteiger partial charge in [0, 0.05) is 12.1 Å². The second-order valence-corrected chi connectivity index (χ2v) is 7.84. The summed E-state index contributed by atoms with van der Waals surface area (Å²) in [4.78, 5) is 40.0. The van der Waals surface area contributed by atoms with E-state index in [0.29, 0.717) is 17.8 Å². The molecule has 7 heteroatoms. The number of anilines is 3. The standard InChI is InChI=1S/C26H26N4O3/c1-2-19-12-6-7-13-20(19)28-25(32)22(16-18-10-4-3-5-11-18)29-26(33)30-17-24(31)27-21-14-8-9-15-23(21)30/h3-15,22H,2,16-17H2,1H3,(H,27,31)(H,28,32)(H,29,33)/t22-/m0/s1. The highest BCUT2D eigenvalue weighted by atomic mass is 16.2. The maximum Gasteiger partial charge on any atom is 0.323 e. The van der Waals surface area contributed by atoms with Gasteiger partial charge in [-0.2, -0.15) is 0 Å². The van der Waals surface area contributed by atoms with Crippen LogP contribution in [0.1, 0.15) is 18.1 Å². The van der Waals surface area contributed by atoms with Crippen molar-refractivity contribution in [1.29, 1.82) is 0 Å². The number of urea groups is 1. The van der Waals surface area contributed by atoms with Crippen LogP contribution in [0.4, 0.5) is 21.9 Å². The van der Waals surface area contributed by atoms with Crippen molar-refractivity contribution < 1.29 is 14.4 Å². The molecule has 1 aliphatic rings. The minimum absolute atomic E-state index is 0.124. The van der Waals surface area contributed by atoms with Crippen molar-refractivity contribution in [2.45, 2.75) is 25.8 Å². The fraction of sp³-hybridized carbons (Fsp3) is 0.192. The van der Waals surface area contributed by atoms with Crippen molar-refractivity contribution >= 4 is 34.9 Å². The first-order valence-corrected chi connectivity index (χ1v) is 10.9. The van der Waals surface area contributed by atoms with Gasteiger partial charge in [0.1, 0.15) is 12.6 Å². The van der Waals surface area contributed by atoms with E-state index in [1.165, 1.54) is 4.90 Å². The lowest BCUT2D eigenvalue weighted by Crippen LogP contribution is -2.53. The van der Waals surface area contributed by atoms with E-state index < -0.39 is 12.1 Å². The van der Waals surface area contributed by atoms with Crippen molar-refractivity contribution in [3.8, 4) is 0 Å².